The molecule has 0 bridgehead atoms. The van der Waals surface area contributed by atoms with Gasteiger partial charge in [-0.05, 0) is 36.4 Å². The fourth-order valence-electron chi connectivity index (χ4n) is 3.84. The number of rotatable bonds is 4. The Hall–Kier alpha value is -4.06. The topological polar surface area (TPSA) is 123 Å². The van der Waals surface area contributed by atoms with E-state index in [-0.39, 0.29) is 29.9 Å². The highest BCUT2D eigenvalue weighted by molar-refractivity contribution is 6.32. The first-order valence-electron chi connectivity index (χ1n) is 9.72. The summed E-state index contributed by atoms with van der Waals surface area (Å²) < 4.78 is 29.5. The number of hydrogen-bond acceptors (Lipinski definition) is 10. The largest absolute Gasteiger partial charge is 0.454 e. The average molecular weight is 471 g/mol. The minimum atomic E-state index is -1.03. The summed E-state index contributed by atoms with van der Waals surface area (Å²) in [6, 6.07) is 6.82. The number of nitrogens with zero attached hydrogens (tertiary/aromatic N) is 6. The number of ether oxygens (including phenoxy) is 2. The van der Waals surface area contributed by atoms with Crippen molar-refractivity contribution in [2.24, 2.45) is 10.3 Å². The third kappa shape index (κ3) is 3.09. The molecule has 0 saturated carbocycles. The van der Waals surface area contributed by atoms with Gasteiger partial charge in [-0.1, -0.05) is 22.0 Å². The Morgan fingerprint density at radius 3 is 2.79 bits per heavy atom. The van der Waals surface area contributed by atoms with Crippen LogP contribution in [0.1, 0.15) is 5.89 Å². The number of amides is 2. The summed E-state index contributed by atoms with van der Waals surface area (Å²) in [5.74, 6) is -0.110. The van der Waals surface area contributed by atoms with E-state index in [1.807, 2.05) is 0 Å². The molecule has 11 nitrogen and oxygen atoms in total. The van der Waals surface area contributed by atoms with Crippen LogP contribution in [-0.4, -0.2) is 45.8 Å². The van der Waals surface area contributed by atoms with Crippen LogP contribution in [0.15, 0.2) is 51.3 Å². The van der Waals surface area contributed by atoms with E-state index in [2.05, 4.69) is 20.5 Å². The zero-order valence-corrected chi connectivity index (χ0v) is 17.3. The molecule has 2 aromatic carbocycles. The molecule has 3 aromatic rings. The minimum absolute atomic E-state index is 0.0424. The summed E-state index contributed by atoms with van der Waals surface area (Å²) in [5, 5.41) is 13.0. The van der Waals surface area contributed by atoms with E-state index >= 15 is 0 Å². The SMILES string of the molecule is O=C1[C@H]2N=NN(Cc3nc(-c4ccc5c(c4)OCO5)no3)[C@H]2C(=O)N1c1ccc(F)c(Cl)c1. The average Bonchev–Trinajstić information content (AvgIpc) is 3.57. The van der Waals surface area contributed by atoms with Crippen molar-refractivity contribution in [3.8, 4) is 22.9 Å². The van der Waals surface area contributed by atoms with E-state index < -0.39 is 29.7 Å². The second-order valence-electron chi connectivity index (χ2n) is 7.38. The van der Waals surface area contributed by atoms with Crippen LogP contribution in [0.5, 0.6) is 11.5 Å². The van der Waals surface area contributed by atoms with Gasteiger partial charge in [0.2, 0.25) is 18.5 Å². The van der Waals surface area contributed by atoms with Crippen molar-refractivity contribution in [3.05, 3.63) is 53.1 Å². The predicted octanol–water partition coefficient (Wildman–Crippen LogP) is 2.75. The molecule has 1 saturated heterocycles. The standard InChI is InChI=1S/C20H12ClFN6O5/c21-11-6-10(2-3-12(11)22)28-19(29)16-17(20(28)30)27(26-24-16)7-15-23-18(25-33-15)9-1-4-13-14(5-9)32-8-31-13/h1-6,16-17H,7-8H2/t16-,17+/m0/s1. The van der Waals surface area contributed by atoms with Crippen LogP contribution in [0.2, 0.25) is 5.02 Å². The highest BCUT2D eigenvalue weighted by Gasteiger charge is 2.55. The summed E-state index contributed by atoms with van der Waals surface area (Å²) in [6.07, 6.45) is 0. The molecule has 33 heavy (non-hydrogen) atoms. The van der Waals surface area contributed by atoms with Crippen LogP contribution in [0.3, 0.4) is 0 Å². The summed E-state index contributed by atoms with van der Waals surface area (Å²) in [7, 11) is 0. The first-order valence-corrected chi connectivity index (χ1v) is 10.1. The first-order chi connectivity index (χ1) is 16.0. The van der Waals surface area contributed by atoms with Gasteiger partial charge in [0.1, 0.15) is 12.4 Å². The molecule has 1 aromatic heterocycles. The Kier molecular flexibility index (Phi) is 4.30. The van der Waals surface area contributed by atoms with Crippen LogP contribution in [0.25, 0.3) is 11.4 Å². The maximum absolute atomic E-state index is 13.5. The summed E-state index contributed by atoms with van der Waals surface area (Å²) in [5.41, 5.74) is 0.811. The normalized spacial score (nSPS) is 20.8. The van der Waals surface area contributed by atoms with E-state index in [1.165, 1.54) is 17.1 Å². The third-order valence-electron chi connectivity index (χ3n) is 5.42. The zero-order chi connectivity index (χ0) is 22.7. The predicted molar refractivity (Wildman–Crippen MR) is 108 cm³/mol. The Morgan fingerprint density at radius 1 is 1.09 bits per heavy atom. The van der Waals surface area contributed by atoms with Crippen LogP contribution in [0.4, 0.5) is 10.1 Å². The highest BCUT2D eigenvalue weighted by atomic mass is 35.5. The van der Waals surface area contributed by atoms with E-state index in [9.17, 15) is 14.0 Å². The molecule has 3 aliphatic rings. The lowest BCUT2D eigenvalue weighted by Gasteiger charge is -2.19. The van der Waals surface area contributed by atoms with Gasteiger partial charge in [0.25, 0.3) is 11.8 Å². The Bertz CT molecular complexity index is 1350. The van der Waals surface area contributed by atoms with Crippen molar-refractivity contribution in [1.82, 2.24) is 15.1 Å². The lowest BCUT2D eigenvalue weighted by molar-refractivity contribution is -0.123. The molecule has 0 N–H and O–H groups in total. The maximum atomic E-state index is 13.5. The summed E-state index contributed by atoms with van der Waals surface area (Å²) in [6.45, 7) is 0.103. The van der Waals surface area contributed by atoms with Gasteiger partial charge in [0.15, 0.2) is 23.6 Å². The van der Waals surface area contributed by atoms with E-state index in [1.54, 1.807) is 18.2 Å². The van der Waals surface area contributed by atoms with Gasteiger partial charge in [-0.25, -0.2) is 9.29 Å². The van der Waals surface area contributed by atoms with Gasteiger partial charge in [-0.15, -0.1) is 0 Å². The molecule has 166 valence electrons. The molecule has 6 rings (SSSR count). The maximum Gasteiger partial charge on any atom is 0.263 e. The molecule has 3 aliphatic heterocycles. The molecule has 1 fully saturated rings. The van der Waals surface area contributed by atoms with Gasteiger partial charge in [-0.2, -0.15) is 10.1 Å². The third-order valence-corrected chi connectivity index (χ3v) is 5.71. The Morgan fingerprint density at radius 2 is 1.94 bits per heavy atom. The van der Waals surface area contributed by atoms with Crippen molar-refractivity contribution >= 4 is 29.1 Å². The Labute approximate surface area is 189 Å². The van der Waals surface area contributed by atoms with Crippen molar-refractivity contribution in [3.63, 3.8) is 0 Å². The molecular weight excluding hydrogens is 459 g/mol. The lowest BCUT2D eigenvalue weighted by Crippen LogP contribution is -2.39. The van der Waals surface area contributed by atoms with Crippen molar-refractivity contribution in [2.75, 3.05) is 11.7 Å². The number of carbonyl (C=O) groups is 2. The molecule has 0 radical (unpaired) electrons. The van der Waals surface area contributed by atoms with E-state index in [0.717, 1.165) is 11.0 Å². The number of benzene rings is 2. The second kappa shape index (κ2) is 7.24. The minimum Gasteiger partial charge on any atom is -0.454 e. The van der Waals surface area contributed by atoms with Crippen molar-refractivity contribution in [2.45, 2.75) is 18.6 Å². The van der Waals surface area contributed by atoms with Gasteiger partial charge in [-0.3, -0.25) is 14.6 Å². The molecule has 0 spiro atoms. The first kappa shape index (κ1) is 19.6. The summed E-state index contributed by atoms with van der Waals surface area (Å²) >= 11 is 5.81. The number of aromatic nitrogens is 2. The lowest BCUT2D eigenvalue weighted by atomic mass is 10.1. The monoisotopic (exact) mass is 470 g/mol. The van der Waals surface area contributed by atoms with Gasteiger partial charge in [0.05, 0.1) is 10.7 Å². The molecular formula is C20H12ClFN6O5. The zero-order valence-electron chi connectivity index (χ0n) is 16.5. The second-order valence-corrected chi connectivity index (χ2v) is 7.79. The molecule has 4 heterocycles. The molecule has 2 atom stereocenters. The van der Waals surface area contributed by atoms with Crippen LogP contribution in [0, 0.1) is 5.82 Å². The van der Waals surface area contributed by atoms with Crippen LogP contribution in [-0.2, 0) is 16.1 Å². The van der Waals surface area contributed by atoms with Crippen LogP contribution < -0.4 is 14.4 Å². The van der Waals surface area contributed by atoms with Crippen LogP contribution >= 0.6 is 11.6 Å². The Balaban J connectivity index is 1.22. The number of imide groups is 1. The van der Waals surface area contributed by atoms with Gasteiger partial charge in [0, 0.05) is 5.56 Å². The van der Waals surface area contributed by atoms with E-state index in [4.69, 9.17) is 25.6 Å². The van der Waals surface area contributed by atoms with E-state index in [0.29, 0.717) is 22.9 Å². The highest BCUT2D eigenvalue weighted by Crippen LogP contribution is 2.36. The number of halogens is 2. The number of anilines is 1. The van der Waals surface area contributed by atoms with Gasteiger partial charge >= 0.3 is 0 Å². The number of hydrogen-bond donors (Lipinski definition) is 0. The van der Waals surface area contributed by atoms with Gasteiger partial charge < -0.3 is 14.0 Å². The summed E-state index contributed by atoms with van der Waals surface area (Å²) in [4.78, 5) is 31.1. The fraction of sp³-hybridized carbons (Fsp3) is 0.200. The molecule has 0 aliphatic carbocycles. The number of fused-ring (bicyclic) bond motifs is 2. The quantitative estimate of drug-likeness (QED) is 0.533. The molecule has 0 unspecified atom stereocenters. The fourth-order valence-corrected chi connectivity index (χ4v) is 4.02. The smallest absolute Gasteiger partial charge is 0.263 e. The van der Waals surface area contributed by atoms with Crippen molar-refractivity contribution < 1.29 is 28.0 Å². The number of carbonyl (C=O) groups excluding carboxylic acids is 2. The molecule has 2 amide bonds. The van der Waals surface area contributed by atoms with Crippen molar-refractivity contribution in [1.29, 1.82) is 0 Å². The molecule has 13 heteroatoms.